The van der Waals surface area contributed by atoms with Gasteiger partial charge in [-0.2, -0.15) is 0 Å². The topological polar surface area (TPSA) is 95.9 Å². The SMILES string of the molecule is CCCCC/C=C\C/C=C\CCCCCCCC(=O)OCCCCCCCCCCCCCCCCCCCCCCCCCCCCCCCCCC(=O)N[C@@H](CO)[C@H](O)CCCCCCCCCCCCCC. The van der Waals surface area contributed by atoms with E-state index in [-0.39, 0.29) is 18.5 Å². The van der Waals surface area contributed by atoms with E-state index in [4.69, 9.17) is 4.74 Å². The van der Waals surface area contributed by atoms with Crippen LogP contribution >= 0.6 is 0 Å². The molecule has 0 spiro atoms. The van der Waals surface area contributed by atoms with E-state index in [1.807, 2.05) is 0 Å². The summed E-state index contributed by atoms with van der Waals surface area (Å²) in [6, 6.07) is -0.537. The van der Waals surface area contributed by atoms with Crippen molar-refractivity contribution in [2.75, 3.05) is 13.2 Å². The number of aliphatic hydroxyl groups is 2. The second-order valence-corrected chi connectivity index (χ2v) is 23.5. The summed E-state index contributed by atoms with van der Waals surface area (Å²) in [6.45, 7) is 4.94. The Morgan fingerprint density at radius 2 is 0.667 bits per heavy atom. The first kappa shape index (κ1) is 73.3. The predicted molar refractivity (Wildman–Crippen MR) is 329 cm³/mol. The maximum absolute atomic E-state index is 12.5. The molecule has 444 valence electrons. The largest absolute Gasteiger partial charge is 0.466 e. The molecular formula is C69H133NO5. The molecule has 0 saturated carbocycles. The summed E-state index contributed by atoms with van der Waals surface area (Å²) in [7, 11) is 0. The highest BCUT2D eigenvalue weighted by Crippen LogP contribution is 2.19. The fourth-order valence-electron chi connectivity index (χ4n) is 10.8. The lowest BCUT2D eigenvalue weighted by molar-refractivity contribution is -0.143. The molecule has 1 amide bonds. The summed E-state index contributed by atoms with van der Waals surface area (Å²) < 4.78 is 5.49. The van der Waals surface area contributed by atoms with Crippen LogP contribution in [0.15, 0.2) is 24.3 Å². The molecule has 0 bridgehead atoms. The minimum atomic E-state index is -0.660. The van der Waals surface area contributed by atoms with Crippen molar-refractivity contribution in [1.82, 2.24) is 5.32 Å². The summed E-state index contributed by atoms with van der Waals surface area (Å²) in [5, 5.41) is 23.3. The van der Waals surface area contributed by atoms with Crippen molar-refractivity contribution in [3.63, 3.8) is 0 Å². The number of aliphatic hydroxyl groups excluding tert-OH is 2. The third kappa shape index (κ3) is 61.4. The number of carbonyl (C=O) groups excluding carboxylic acids is 2. The van der Waals surface area contributed by atoms with Crippen LogP contribution in [-0.4, -0.2) is 47.4 Å². The van der Waals surface area contributed by atoms with Crippen LogP contribution in [0.5, 0.6) is 0 Å². The first-order valence-corrected chi connectivity index (χ1v) is 34.1. The van der Waals surface area contributed by atoms with Gasteiger partial charge in [-0.15, -0.1) is 0 Å². The van der Waals surface area contributed by atoms with Crippen molar-refractivity contribution < 1.29 is 24.5 Å². The quantitative estimate of drug-likeness (QED) is 0.0320. The highest BCUT2D eigenvalue weighted by Gasteiger charge is 2.20. The Balaban J connectivity index is 3.31. The van der Waals surface area contributed by atoms with E-state index in [0.29, 0.717) is 25.9 Å². The molecule has 0 aliphatic carbocycles. The summed E-state index contributed by atoms with van der Waals surface area (Å²) >= 11 is 0. The molecule has 0 aliphatic heterocycles. The van der Waals surface area contributed by atoms with Gasteiger partial charge < -0.3 is 20.3 Å². The normalized spacial score (nSPS) is 12.6. The molecule has 0 heterocycles. The van der Waals surface area contributed by atoms with E-state index < -0.39 is 12.1 Å². The van der Waals surface area contributed by atoms with Crippen LogP contribution in [0.2, 0.25) is 0 Å². The molecule has 75 heavy (non-hydrogen) atoms. The second kappa shape index (κ2) is 64.9. The first-order chi connectivity index (χ1) is 37.0. The summed E-state index contributed by atoms with van der Waals surface area (Å²) in [6.07, 6.45) is 80.8. The third-order valence-corrected chi connectivity index (χ3v) is 16.0. The molecule has 6 heteroatoms. The molecule has 0 fully saturated rings. The zero-order valence-electron chi connectivity index (χ0n) is 50.8. The number of allylic oxidation sites excluding steroid dienone is 4. The van der Waals surface area contributed by atoms with Crippen LogP contribution in [-0.2, 0) is 14.3 Å². The van der Waals surface area contributed by atoms with Crippen LogP contribution in [0.25, 0.3) is 0 Å². The van der Waals surface area contributed by atoms with Gasteiger partial charge in [-0.25, -0.2) is 0 Å². The molecule has 0 unspecified atom stereocenters. The monoisotopic (exact) mass is 1060 g/mol. The Hall–Kier alpha value is -1.66. The number of hydrogen-bond donors (Lipinski definition) is 3. The van der Waals surface area contributed by atoms with E-state index in [1.165, 1.54) is 295 Å². The van der Waals surface area contributed by atoms with E-state index in [2.05, 4.69) is 43.5 Å². The molecule has 0 saturated heterocycles. The van der Waals surface area contributed by atoms with Gasteiger partial charge in [-0.3, -0.25) is 9.59 Å². The van der Waals surface area contributed by atoms with Crippen molar-refractivity contribution in [3.05, 3.63) is 24.3 Å². The summed E-state index contributed by atoms with van der Waals surface area (Å²) in [5.74, 6) is -0.0224. The van der Waals surface area contributed by atoms with Crippen molar-refractivity contribution >= 4 is 11.9 Å². The van der Waals surface area contributed by atoms with Crippen LogP contribution in [0.3, 0.4) is 0 Å². The van der Waals surface area contributed by atoms with Gasteiger partial charge in [0.1, 0.15) is 0 Å². The Morgan fingerprint density at radius 3 is 1.04 bits per heavy atom. The number of hydrogen-bond acceptors (Lipinski definition) is 5. The third-order valence-electron chi connectivity index (χ3n) is 16.0. The number of ether oxygens (including phenoxy) is 1. The van der Waals surface area contributed by atoms with Gasteiger partial charge in [0, 0.05) is 12.8 Å². The molecule has 2 atom stereocenters. The van der Waals surface area contributed by atoms with Gasteiger partial charge >= 0.3 is 5.97 Å². The van der Waals surface area contributed by atoms with Crippen LogP contribution in [0.1, 0.15) is 380 Å². The number of esters is 1. The lowest BCUT2D eigenvalue weighted by Crippen LogP contribution is -2.45. The highest BCUT2D eigenvalue weighted by atomic mass is 16.5. The second-order valence-electron chi connectivity index (χ2n) is 23.5. The zero-order chi connectivity index (χ0) is 54.3. The van der Waals surface area contributed by atoms with Gasteiger partial charge in [-0.1, -0.05) is 334 Å². The lowest BCUT2D eigenvalue weighted by Gasteiger charge is -2.22. The smallest absolute Gasteiger partial charge is 0.305 e. The average Bonchev–Trinajstić information content (AvgIpc) is 3.41. The number of nitrogens with one attached hydrogen (secondary N) is 1. The fraction of sp³-hybridized carbons (Fsp3) is 0.913. The van der Waals surface area contributed by atoms with Crippen molar-refractivity contribution in [2.24, 2.45) is 0 Å². The van der Waals surface area contributed by atoms with Gasteiger partial charge in [0.05, 0.1) is 25.4 Å². The fourth-order valence-corrected chi connectivity index (χ4v) is 10.8. The molecule has 3 N–H and O–H groups in total. The molecule has 0 aliphatic rings. The highest BCUT2D eigenvalue weighted by molar-refractivity contribution is 5.76. The number of rotatable bonds is 64. The van der Waals surface area contributed by atoms with Crippen molar-refractivity contribution in [2.45, 2.75) is 392 Å². The Labute approximate surface area is 469 Å². The van der Waals surface area contributed by atoms with Gasteiger partial charge in [0.15, 0.2) is 0 Å². The minimum absolute atomic E-state index is 0.00703. The van der Waals surface area contributed by atoms with Gasteiger partial charge in [0.2, 0.25) is 5.91 Å². The molecule has 0 radical (unpaired) electrons. The summed E-state index contributed by atoms with van der Waals surface area (Å²) in [5.41, 5.74) is 0. The lowest BCUT2D eigenvalue weighted by atomic mass is 10.0. The number of carbonyl (C=O) groups is 2. The van der Waals surface area contributed by atoms with E-state index >= 15 is 0 Å². The van der Waals surface area contributed by atoms with Gasteiger partial charge in [0.25, 0.3) is 0 Å². The molecule has 6 nitrogen and oxygen atoms in total. The molecule has 0 aromatic rings. The van der Waals surface area contributed by atoms with Crippen molar-refractivity contribution in [1.29, 1.82) is 0 Å². The van der Waals surface area contributed by atoms with E-state index in [1.54, 1.807) is 0 Å². The van der Waals surface area contributed by atoms with Crippen molar-refractivity contribution in [3.8, 4) is 0 Å². The molecule has 0 aromatic carbocycles. The minimum Gasteiger partial charge on any atom is -0.466 e. The van der Waals surface area contributed by atoms with Crippen LogP contribution in [0, 0.1) is 0 Å². The average molecular weight is 1060 g/mol. The summed E-state index contributed by atoms with van der Waals surface area (Å²) in [4.78, 5) is 24.5. The van der Waals surface area contributed by atoms with Crippen LogP contribution < -0.4 is 5.32 Å². The number of amides is 1. The Bertz CT molecular complexity index is 1170. The Morgan fingerprint density at radius 1 is 0.373 bits per heavy atom. The van der Waals surface area contributed by atoms with Gasteiger partial charge in [-0.05, 0) is 57.8 Å². The zero-order valence-corrected chi connectivity index (χ0v) is 50.8. The molecular weight excluding hydrogens is 923 g/mol. The first-order valence-electron chi connectivity index (χ1n) is 34.1. The Kier molecular flexibility index (Phi) is 63.4. The van der Waals surface area contributed by atoms with E-state index in [9.17, 15) is 19.8 Å². The predicted octanol–water partition coefficient (Wildman–Crippen LogP) is 21.8. The van der Waals surface area contributed by atoms with Crippen LogP contribution in [0.4, 0.5) is 0 Å². The maximum atomic E-state index is 12.5. The number of unbranched alkanes of at least 4 members (excludes halogenated alkanes) is 49. The molecule has 0 aromatic heterocycles. The molecule has 0 rings (SSSR count). The standard InChI is InChI=1S/C69H133NO5/c1-3-5-7-9-11-13-15-17-35-39-43-47-51-55-59-63-69(74)75-64-60-56-52-48-44-40-37-34-32-30-28-26-24-22-20-18-19-21-23-25-27-29-31-33-36-38-42-46-50-54-58-62-68(73)70-66(65-71)67(72)61-57-53-49-45-41-16-14-12-10-8-6-4-2/h11,13,17,35,66-67,71-72H,3-10,12,14-16,18-34,36-65H2,1-2H3,(H,70,73)/b13-11-,35-17-/t66-,67+/m0/s1. The van der Waals surface area contributed by atoms with E-state index in [0.717, 1.165) is 51.4 Å². The maximum Gasteiger partial charge on any atom is 0.305 e.